The molecule has 160 valence electrons. The maximum atomic E-state index is 11.7. The number of fused-ring (bicyclic) bond motifs is 1. The highest BCUT2D eigenvalue weighted by Crippen LogP contribution is 2.38. The van der Waals surface area contributed by atoms with Crippen LogP contribution in [-0.2, 0) is 13.8 Å². The summed E-state index contributed by atoms with van der Waals surface area (Å²) in [5.74, 6) is -0.177. The van der Waals surface area contributed by atoms with Gasteiger partial charge in [-0.15, -0.1) is 0 Å². The van der Waals surface area contributed by atoms with Crippen LogP contribution in [0, 0.1) is 0 Å². The van der Waals surface area contributed by atoms with E-state index in [0.29, 0.717) is 0 Å². The molecule has 8 N–H and O–H groups in total. The third-order valence-corrected chi connectivity index (χ3v) is 4.52. The molecular weight excluding hydrogens is 413 g/mol. The van der Waals surface area contributed by atoms with Crippen molar-refractivity contribution in [2.75, 3.05) is 25.4 Å². The van der Waals surface area contributed by atoms with Gasteiger partial charge in [-0.25, -0.2) is 9.55 Å². The Kier molecular flexibility index (Phi) is 6.28. The molecule has 4 atom stereocenters. The lowest BCUT2D eigenvalue weighted by molar-refractivity contribution is -0.0503. The minimum atomic E-state index is -4.76. The molecule has 4 rings (SSSR count). The molecule has 0 bridgehead atoms. The zero-order chi connectivity index (χ0) is 21.2. The first-order valence-corrected chi connectivity index (χ1v) is 9.86. The molecule has 0 aromatic carbocycles. The Bertz CT molecular complexity index is 981. The lowest BCUT2D eigenvalue weighted by Gasteiger charge is -2.16. The van der Waals surface area contributed by atoms with Crippen molar-refractivity contribution in [2.45, 2.75) is 24.5 Å². The number of H-pyrrole nitrogens is 1. The quantitative estimate of drug-likeness (QED) is 0.240. The predicted octanol–water partition coefficient (Wildman–Crippen LogP) is -2.95. The fourth-order valence-corrected chi connectivity index (χ4v) is 3.06. The van der Waals surface area contributed by atoms with E-state index in [0.717, 1.165) is 13.1 Å². The van der Waals surface area contributed by atoms with Crippen molar-refractivity contribution in [3.63, 3.8) is 0 Å². The fraction of sp³-hybridized carbons (Fsp3) is 0.538. The summed E-state index contributed by atoms with van der Waals surface area (Å²) in [6.45, 7) is 1.34. The normalized spacial score (nSPS) is 26.3. The first kappa shape index (κ1) is 21.3. The number of phosphoric ester groups is 1. The molecule has 16 heteroatoms. The largest absolute Gasteiger partial charge is 0.469 e. The molecule has 15 nitrogen and oxygen atoms in total. The van der Waals surface area contributed by atoms with Crippen molar-refractivity contribution in [2.24, 2.45) is 4.99 Å². The van der Waals surface area contributed by atoms with Crippen LogP contribution in [0.1, 0.15) is 6.23 Å². The van der Waals surface area contributed by atoms with E-state index in [2.05, 4.69) is 29.8 Å². The molecule has 0 saturated carbocycles. The van der Waals surface area contributed by atoms with Crippen molar-refractivity contribution >= 4 is 31.3 Å². The summed E-state index contributed by atoms with van der Waals surface area (Å²) < 4.78 is 21.6. The zero-order valence-corrected chi connectivity index (χ0v) is 15.7. The first-order valence-electron chi connectivity index (χ1n) is 8.33. The number of aliphatic hydroxyl groups is 2. The lowest BCUT2D eigenvalue weighted by atomic mass is 10.1. The van der Waals surface area contributed by atoms with Crippen molar-refractivity contribution in [1.82, 2.24) is 24.8 Å². The van der Waals surface area contributed by atoms with E-state index >= 15 is 0 Å². The van der Waals surface area contributed by atoms with E-state index in [9.17, 15) is 19.6 Å². The third-order valence-electron chi connectivity index (χ3n) is 4.04. The molecule has 29 heavy (non-hydrogen) atoms. The van der Waals surface area contributed by atoms with Crippen LogP contribution in [0.15, 0.2) is 16.1 Å². The number of aromatic amines is 1. The van der Waals surface area contributed by atoms with Gasteiger partial charge < -0.3 is 35.8 Å². The summed E-state index contributed by atoms with van der Waals surface area (Å²) in [4.78, 5) is 43.0. The number of nitrogens with one attached hydrogen (secondary N) is 2. The summed E-state index contributed by atoms with van der Waals surface area (Å²) in [5, 5.41) is 23.0. The third kappa shape index (κ3) is 4.97. The Balaban J connectivity index is 0.000000419. The molecule has 1 saturated heterocycles. The second-order valence-corrected chi connectivity index (χ2v) is 7.34. The van der Waals surface area contributed by atoms with Gasteiger partial charge in [-0.3, -0.25) is 23.9 Å². The first-order chi connectivity index (χ1) is 13.7. The van der Waals surface area contributed by atoms with Gasteiger partial charge in [-0.2, -0.15) is 4.98 Å². The van der Waals surface area contributed by atoms with E-state index < -0.39 is 44.5 Å². The van der Waals surface area contributed by atoms with Crippen molar-refractivity contribution in [1.29, 1.82) is 0 Å². The second kappa shape index (κ2) is 8.54. The van der Waals surface area contributed by atoms with Crippen LogP contribution >= 0.6 is 7.82 Å². The Morgan fingerprint density at radius 2 is 2.14 bits per heavy atom. The van der Waals surface area contributed by atoms with Gasteiger partial charge in [-0.05, 0) is 0 Å². The number of aliphatic imine (C=N–C) groups is 1. The van der Waals surface area contributed by atoms with Gasteiger partial charge in [0, 0.05) is 6.54 Å². The van der Waals surface area contributed by atoms with Gasteiger partial charge in [0.15, 0.2) is 17.4 Å². The molecule has 0 spiro atoms. The van der Waals surface area contributed by atoms with Crippen LogP contribution in [0.2, 0.25) is 0 Å². The van der Waals surface area contributed by atoms with Crippen LogP contribution in [0.5, 0.6) is 0 Å². The average Bonchev–Trinajstić information content (AvgIpc) is 3.37. The van der Waals surface area contributed by atoms with Crippen molar-refractivity contribution in [3.8, 4) is 0 Å². The van der Waals surface area contributed by atoms with Crippen LogP contribution in [0.4, 0.5) is 5.95 Å². The number of aromatic nitrogens is 4. The standard InChI is InChI=1S/C10H14N5O8P.C3H6N2/c11-10-13-7-4(8(18)14-10)12-2-15(7)9-6(17)5(16)3(23-9)1-22-24(19,20)21;1-2-5-3-4-1/h2-3,5-6,9,16-17H,1H2,(H2,19,20,21)(H3,11,13,14,18);3H,1-2H2,(H,4,5)/t3-,5-,6-,9-;/m1./s1. The SMILES string of the molecule is C1=NCCN1.Nc1nc2c(ncn2[C@@H]2O[C@H](COP(=O)(O)O)[C@@H](O)[C@H]2O)c(=O)[nH]1. The number of hydrogen-bond donors (Lipinski definition) is 7. The molecule has 4 heterocycles. The number of aliphatic hydroxyl groups excluding tert-OH is 2. The molecule has 0 aliphatic carbocycles. The van der Waals surface area contributed by atoms with Gasteiger partial charge in [0.25, 0.3) is 5.56 Å². The highest BCUT2D eigenvalue weighted by atomic mass is 31.2. The summed E-state index contributed by atoms with van der Waals surface area (Å²) in [5.41, 5.74) is 4.84. The minimum absolute atomic E-state index is 0.0176. The van der Waals surface area contributed by atoms with E-state index in [4.69, 9.17) is 20.3 Å². The number of ether oxygens (including phenoxy) is 1. The summed E-state index contributed by atoms with van der Waals surface area (Å²) in [6.07, 6.45) is -2.48. The number of nitrogens with zero attached hydrogens (tertiary/aromatic N) is 4. The Labute approximate surface area is 162 Å². The molecule has 2 aliphatic rings. The molecule has 1 fully saturated rings. The maximum absolute atomic E-state index is 11.7. The topological polar surface area (TPSA) is 230 Å². The van der Waals surface area contributed by atoms with Gasteiger partial charge >= 0.3 is 7.82 Å². The minimum Gasteiger partial charge on any atom is -0.387 e. The monoisotopic (exact) mass is 433 g/mol. The van der Waals surface area contributed by atoms with Crippen LogP contribution in [-0.4, -0.2) is 83.9 Å². The Hall–Kier alpha value is -2.39. The maximum Gasteiger partial charge on any atom is 0.469 e. The van der Waals surface area contributed by atoms with Gasteiger partial charge in [0.2, 0.25) is 5.95 Å². The number of hydrogen-bond acceptors (Lipinski definition) is 11. The average molecular weight is 433 g/mol. The number of nitrogen functional groups attached to an aromatic ring is 1. The van der Waals surface area contributed by atoms with Gasteiger partial charge in [0.05, 0.1) is 25.8 Å². The van der Waals surface area contributed by atoms with E-state index in [1.54, 1.807) is 6.34 Å². The number of phosphoric acid groups is 1. The second-order valence-electron chi connectivity index (χ2n) is 6.10. The van der Waals surface area contributed by atoms with Crippen molar-refractivity contribution in [3.05, 3.63) is 16.7 Å². The Morgan fingerprint density at radius 1 is 1.38 bits per heavy atom. The summed E-state index contributed by atoms with van der Waals surface area (Å²) in [7, 11) is -4.76. The van der Waals surface area contributed by atoms with E-state index in [1.807, 2.05) is 0 Å². The summed E-state index contributed by atoms with van der Waals surface area (Å²) >= 11 is 0. The Morgan fingerprint density at radius 3 is 2.72 bits per heavy atom. The number of imidazole rings is 1. The molecule has 0 amide bonds. The molecule has 0 unspecified atom stereocenters. The molecule has 2 aromatic heterocycles. The lowest BCUT2D eigenvalue weighted by Crippen LogP contribution is -2.33. The van der Waals surface area contributed by atoms with Crippen LogP contribution in [0.25, 0.3) is 11.2 Å². The van der Waals surface area contributed by atoms with Crippen molar-refractivity contribution < 1.29 is 33.8 Å². The zero-order valence-electron chi connectivity index (χ0n) is 14.8. The van der Waals surface area contributed by atoms with Crippen LogP contribution < -0.4 is 16.6 Å². The van der Waals surface area contributed by atoms with Crippen LogP contribution in [0.3, 0.4) is 0 Å². The number of rotatable bonds is 4. The summed E-state index contributed by atoms with van der Waals surface area (Å²) in [6, 6.07) is 0. The fourth-order valence-electron chi connectivity index (χ4n) is 2.72. The van der Waals surface area contributed by atoms with Gasteiger partial charge in [0.1, 0.15) is 18.3 Å². The highest BCUT2D eigenvalue weighted by molar-refractivity contribution is 7.46. The molecule has 0 radical (unpaired) electrons. The highest BCUT2D eigenvalue weighted by Gasteiger charge is 2.45. The smallest absolute Gasteiger partial charge is 0.387 e. The van der Waals surface area contributed by atoms with E-state index in [-0.39, 0.29) is 17.1 Å². The molecular formula is C13H20N7O8P. The predicted molar refractivity (Wildman–Crippen MR) is 97.8 cm³/mol. The molecule has 2 aliphatic heterocycles. The van der Waals surface area contributed by atoms with Gasteiger partial charge in [-0.1, -0.05) is 0 Å². The van der Waals surface area contributed by atoms with E-state index in [1.165, 1.54) is 10.9 Å². The number of anilines is 1. The number of nitrogens with two attached hydrogens (primary N) is 1. The molecule has 2 aromatic rings.